The normalized spacial score (nSPS) is 24.3. The van der Waals surface area contributed by atoms with Crippen LogP contribution in [0.2, 0.25) is 0 Å². The first kappa shape index (κ1) is 24.7. The van der Waals surface area contributed by atoms with E-state index in [-0.39, 0.29) is 25.0 Å². The molecule has 0 radical (unpaired) electrons. The van der Waals surface area contributed by atoms with Crippen molar-refractivity contribution in [3.8, 4) is 5.75 Å². The Bertz CT molecular complexity index is 1320. The van der Waals surface area contributed by atoms with Gasteiger partial charge in [-0.25, -0.2) is 4.79 Å². The summed E-state index contributed by atoms with van der Waals surface area (Å²) in [7, 11) is 0. The van der Waals surface area contributed by atoms with Crippen molar-refractivity contribution in [1.29, 1.82) is 0 Å². The molecule has 5 atom stereocenters. The number of carboxylic acid groups (broad SMARTS) is 1. The van der Waals surface area contributed by atoms with E-state index < -0.39 is 18.1 Å². The van der Waals surface area contributed by atoms with Gasteiger partial charge in [-0.2, -0.15) is 0 Å². The SMILES string of the molecule is Cc1ccc2c(c1OCc1ccccc1)C[C@@H](C(=O)O)N(C(=O)[C@@H](O[C@H]1CC[C@@H]3C[C@@H]31)c1ccccc1)C2. The maximum atomic E-state index is 14.1. The third-order valence-corrected chi connectivity index (χ3v) is 8.38. The van der Waals surface area contributed by atoms with Crippen molar-refractivity contribution in [1.82, 2.24) is 4.90 Å². The molecule has 3 aliphatic rings. The highest BCUT2D eigenvalue weighted by atomic mass is 16.5. The number of ether oxygens (including phenoxy) is 2. The van der Waals surface area contributed by atoms with E-state index in [4.69, 9.17) is 9.47 Å². The van der Waals surface area contributed by atoms with Crippen molar-refractivity contribution < 1.29 is 24.2 Å². The van der Waals surface area contributed by atoms with E-state index in [0.29, 0.717) is 18.3 Å². The maximum absolute atomic E-state index is 14.1. The average molecular weight is 512 g/mol. The van der Waals surface area contributed by atoms with Crippen LogP contribution in [0.1, 0.15) is 53.2 Å². The van der Waals surface area contributed by atoms with Crippen molar-refractivity contribution in [2.45, 2.75) is 64.0 Å². The summed E-state index contributed by atoms with van der Waals surface area (Å²) in [5, 5.41) is 10.3. The molecule has 2 fully saturated rings. The summed E-state index contributed by atoms with van der Waals surface area (Å²) < 4.78 is 12.7. The zero-order valence-electron chi connectivity index (χ0n) is 21.6. The molecule has 2 aliphatic carbocycles. The molecular weight excluding hydrogens is 478 g/mol. The van der Waals surface area contributed by atoms with Crippen LogP contribution in [0.25, 0.3) is 0 Å². The molecule has 1 heterocycles. The number of hydrogen-bond donors (Lipinski definition) is 1. The highest BCUT2D eigenvalue weighted by Gasteiger charge is 2.50. The van der Waals surface area contributed by atoms with Crippen LogP contribution in [0, 0.1) is 18.8 Å². The molecule has 3 aromatic carbocycles. The molecule has 38 heavy (non-hydrogen) atoms. The lowest BCUT2D eigenvalue weighted by Crippen LogP contribution is -2.51. The van der Waals surface area contributed by atoms with Gasteiger partial charge in [0, 0.05) is 18.5 Å². The fourth-order valence-electron chi connectivity index (χ4n) is 6.19. The Morgan fingerprint density at radius 1 is 1.00 bits per heavy atom. The molecule has 0 unspecified atom stereocenters. The molecule has 2 saturated carbocycles. The molecule has 0 bridgehead atoms. The Balaban J connectivity index is 1.29. The molecule has 196 valence electrons. The molecule has 1 aliphatic heterocycles. The largest absolute Gasteiger partial charge is 0.488 e. The number of nitrogens with zero attached hydrogens (tertiary/aromatic N) is 1. The lowest BCUT2D eigenvalue weighted by Gasteiger charge is -2.38. The number of carbonyl (C=O) groups excluding carboxylic acids is 1. The van der Waals surface area contributed by atoms with Gasteiger partial charge in [0.15, 0.2) is 6.10 Å². The van der Waals surface area contributed by atoms with Gasteiger partial charge in [0.05, 0.1) is 6.10 Å². The predicted molar refractivity (Wildman–Crippen MR) is 143 cm³/mol. The van der Waals surface area contributed by atoms with Crippen molar-refractivity contribution >= 4 is 11.9 Å². The fourth-order valence-corrected chi connectivity index (χ4v) is 6.19. The maximum Gasteiger partial charge on any atom is 0.326 e. The van der Waals surface area contributed by atoms with Gasteiger partial charge in [-0.15, -0.1) is 0 Å². The number of aliphatic carboxylic acids is 1. The standard InChI is InChI=1S/C32H33NO5/c1-20-12-13-24-18-33(27(32(35)36)17-26(24)29(20)37-19-21-8-4-2-5-9-21)31(34)30(22-10-6-3-7-11-22)38-28-15-14-23-16-25(23)28/h2-13,23,25,27-28,30H,14-19H2,1H3,(H,35,36)/t23-,25+,27+,28+,30+/m1/s1. The molecule has 3 aromatic rings. The van der Waals surface area contributed by atoms with Crippen LogP contribution in [-0.2, 0) is 33.9 Å². The summed E-state index contributed by atoms with van der Waals surface area (Å²) >= 11 is 0. The van der Waals surface area contributed by atoms with E-state index in [1.54, 1.807) is 0 Å². The van der Waals surface area contributed by atoms with Gasteiger partial charge in [0.25, 0.3) is 5.91 Å². The Morgan fingerprint density at radius 2 is 1.74 bits per heavy atom. The number of aryl methyl sites for hydroxylation is 1. The first-order valence-electron chi connectivity index (χ1n) is 13.5. The number of carbonyl (C=O) groups is 2. The third-order valence-electron chi connectivity index (χ3n) is 8.38. The van der Waals surface area contributed by atoms with Crippen LogP contribution in [0.5, 0.6) is 5.75 Å². The number of fused-ring (bicyclic) bond motifs is 2. The second-order valence-corrected chi connectivity index (χ2v) is 10.9. The van der Waals surface area contributed by atoms with Gasteiger partial charge >= 0.3 is 5.97 Å². The highest BCUT2D eigenvalue weighted by molar-refractivity contribution is 5.88. The molecule has 6 rings (SSSR count). The van der Waals surface area contributed by atoms with Crippen LogP contribution < -0.4 is 4.74 Å². The quantitative estimate of drug-likeness (QED) is 0.434. The lowest BCUT2D eigenvalue weighted by atomic mass is 9.90. The molecule has 6 heteroatoms. The molecule has 6 nitrogen and oxygen atoms in total. The van der Waals surface area contributed by atoms with Gasteiger partial charge < -0.3 is 19.5 Å². The molecule has 0 spiro atoms. The minimum absolute atomic E-state index is 0.0511. The number of benzene rings is 3. The highest BCUT2D eigenvalue weighted by Crippen LogP contribution is 2.54. The summed E-state index contributed by atoms with van der Waals surface area (Å²) in [5.74, 6) is 0.655. The number of hydrogen-bond acceptors (Lipinski definition) is 4. The van der Waals surface area contributed by atoms with Gasteiger partial charge in [0.2, 0.25) is 0 Å². The lowest BCUT2D eigenvalue weighted by molar-refractivity contribution is -0.160. The summed E-state index contributed by atoms with van der Waals surface area (Å²) in [6, 6.07) is 22.4. The molecule has 1 N–H and O–H groups in total. The van der Waals surface area contributed by atoms with Crippen molar-refractivity contribution in [2.75, 3.05) is 0 Å². The Morgan fingerprint density at radius 3 is 2.39 bits per heavy atom. The van der Waals surface area contributed by atoms with E-state index in [1.807, 2.05) is 79.7 Å². The Hall–Kier alpha value is -3.64. The molecular formula is C32H33NO5. The van der Waals surface area contributed by atoms with E-state index in [2.05, 4.69) is 0 Å². The minimum atomic E-state index is -1.02. The predicted octanol–water partition coefficient (Wildman–Crippen LogP) is 5.47. The van der Waals surface area contributed by atoms with E-state index in [0.717, 1.165) is 46.6 Å². The van der Waals surface area contributed by atoms with Crippen LogP contribution in [0.15, 0.2) is 72.8 Å². The van der Waals surface area contributed by atoms with Crippen LogP contribution in [0.3, 0.4) is 0 Å². The zero-order valence-corrected chi connectivity index (χ0v) is 21.6. The summed E-state index contributed by atoms with van der Waals surface area (Å²) in [6.07, 6.45) is 2.69. The van der Waals surface area contributed by atoms with Crippen LogP contribution >= 0.6 is 0 Å². The summed E-state index contributed by atoms with van der Waals surface area (Å²) in [5.41, 5.74) is 4.55. The smallest absolute Gasteiger partial charge is 0.326 e. The fraction of sp³-hybridized carbons (Fsp3) is 0.375. The number of carboxylic acids is 1. The second-order valence-electron chi connectivity index (χ2n) is 10.9. The summed E-state index contributed by atoms with van der Waals surface area (Å²) in [4.78, 5) is 28.1. The van der Waals surface area contributed by atoms with Gasteiger partial charge in [-0.05, 0) is 60.3 Å². The molecule has 0 saturated heterocycles. The molecule has 0 aromatic heterocycles. The van der Waals surface area contributed by atoms with Crippen molar-refractivity contribution in [2.24, 2.45) is 11.8 Å². The minimum Gasteiger partial charge on any atom is -0.488 e. The molecule has 1 amide bonds. The van der Waals surface area contributed by atoms with Crippen molar-refractivity contribution in [3.05, 3.63) is 101 Å². The Labute approximate surface area is 223 Å². The van der Waals surface area contributed by atoms with E-state index in [1.165, 1.54) is 11.3 Å². The number of amides is 1. The number of rotatable bonds is 8. The topological polar surface area (TPSA) is 76.1 Å². The first-order chi connectivity index (χ1) is 18.5. The van der Waals surface area contributed by atoms with Crippen molar-refractivity contribution in [3.63, 3.8) is 0 Å². The third kappa shape index (κ3) is 4.81. The first-order valence-corrected chi connectivity index (χ1v) is 13.5. The average Bonchev–Trinajstić information content (AvgIpc) is 3.62. The van der Waals surface area contributed by atoms with Crippen LogP contribution in [-0.4, -0.2) is 34.0 Å². The summed E-state index contributed by atoms with van der Waals surface area (Å²) in [6.45, 7) is 2.57. The second kappa shape index (κ2) is 10.3. The van der Waals surface area contributed by atoms with Gasteiger partial charge in [-0.1, -0.05) is 72.8 Å². The monoisotopic (exact) mass is 511 g/mol. The zero-order chi connectivity index (χ0) is 26.2. The van der Waals surface area contributed by atoms with Gasteiger partial charge in [-0.3, -0.25) is 4.79 Å². The Kier molecular flexibility index (Phi) is 6.66. The van der Waals surface area contributed by atoms with E-state index >= 15 is 0 Å². The van der Waals surface area contributed by atoms with Crippen LogP contribution in [0.4, 0.5) is 0 Å². The van der Waals surface area contributed by atoms with E-state index in [9.17, 15) is 14.7 Å². The van der Waals surface area contributed by atoms with Gasteiger partial charge in [0.1, 0.15) is 18.4 Å².